The monoisotopic (exact) mass is 265 g/mol. The van der Waals surface area contributed by atoms with Crippen LogP contribution < -0.4 is 5.63 Å². The molecule has 4 rings (SSSR count). The highest BCUT2D eigenvalue weighted by Gasteiger charge is 2.21. The fourth-order valence-electron chi connectivity index (χ4n) is 2.80. The number of ketones is 1. The predicted octanol–water partition coefficient (Wildman–Crippen LogP) is 2.86. The Balaban J connectivity index is 2.20. The fraction of sp³-hybridized carbons (Fsp3) is 0.188. The third-order valence-corrected chi connectivity index (χ3v) is 3.78. The smallest absolute Gasteiger partial charge is 0.345 e. The lowest BCUT2D eigenvalue weighted by Gasteiger charge is -2.14. The van der Waals surface area contributed by atoms with E-state index in [9.17, 15) is 9.59 Å². The Morgan fingerprint density at radius 3 is 2.80 bits per heavy atom. The molecule has 0 amide bonds. The van der Waals surface area contributed by atoms with Crippen molar-refractivity contribution >= 4 is 27.7 Å². The standard InChI is InChI=1S/C16H11NO3/c18-13-6-3-5-12-10(13)8-11-15(17-12)9-4-1-2-7-14(9)20-16(11)19/h1-2,4,7-8H,3,5-6H2. The van der Waals surface area contributed by atoms with Gasteiger partial charge in [-0.3, -0.25) is 9.78 Å². The van der Waals surface area contributed by atoms with E-state index in [0.717, 1.165) is 23.9 Å². The average molecular weight is 265 g/mol. The van der Waals surface area contributed by atoms with Crippen molar-refractivity contribution in [3.05, 3.63) is 52.0 Å². The van der Waals surface area contributed by atoms with E-state index < -0.39 is 5.63 Å². The van der Waals surface area contributed by atoms with E-state index in [2.05, 4.69) is 4.98 Å². The summed E-state index contributed by atoms with van der Waals surface area (Å²) in [5, 5.41) is 1.20. The number of hydrogen-bond donors (Lipinski definition) is 0. The second-order valence-electron chi connectivity index (χ2n) is 5.04. The topological polar surface area (TPSA) is 60.2 Å². The van der Waals surface area contributed by atoms with Crippen LogP contribution in [0.4, 0.5) is 0 Å². The molecule has 0 fully saturated rings. The Hall–Kier alpha value is -2.49. The van der Waals surface area contributed by atoms with Crippen molar-refractivity contribution in [2.24, 2.45) is 0 Å². The molecule has 98 valence electrons. The van der Waals surface area contributed by atoms with Gasteiger partial charge in [-0.05, 0) is 31.0 Å². The highest BCUT2D eigenvalue weighted by Crippen LogP contribution is 2.26. The lowest BCUT2D eigenvalue weighted by Crippen LogP contribution is -2.14. The first-order valence-electron chi connectivity index (χ1n) is 6.63. The van der Waals surface area contributed by atoms with E-state index in [-0.39, 0.29) is 5.78 Å². The Morgan fingerprint density at radius 1 is 1.05 bits per heavy atom. The summed E-state index contributed by atoms with van der Waals surface area (Å²) < 4.78 is 5.29. The number of Topliss-reactive ketones (excluding diaryl/α,β-unsaturated/α-hetero) is 1. The molecular formula is C16H11NO3. The van der Waals surface area contributed by atoms with Crippen LogP contribution in [0.15, 0.2) is 39.5 Å². The molecule has 0 aliphatic heterocycles. The molecule has 2 aromatic heterocycles. The van der Waals surface area contributed by atoms with Crippen LogP contribution >= 0.6 is 0 Å². The maximum absolute atomic E-state index is 12.1. The molecule has 0 bridgehead atoms. The molecule has 0 saturated carbocycles. The van der Waals surface area contributed by atoms with Gasteiger partial charge in [-0.15, -0.1) is 0 Å². The maximum Gasteiger partial charge on any atom is 0.345 e. The number of benzene rings is 1. The van der Waals surface area contributed by atoms with Crippen LogP contribution in [0.25, 0.3) is 21.9 Å². The third-order valence-electron chi connectivity index (χ3n) is 3.78. The average Bonchev–Trinajstić information content (AvgIpc) is 2.47. The van der Waals surface area contributed by atoms with Crippen LogP contribution in [0.3, 0.4) is 0 Å². The molecule has 3 aromatic rings. The number of aryl methyl sites for hydroxylation is 1. The van der Waals surface area contributed by atoms with E-state index in [1.165, 1.54) is 0 Å². The first kappa shape index (κ1) is 11.3. The Kier molecular flexibility index (Phi) is 2.27. The summed E-state index contributed by atoms with van der Waals surface area (Å²) in [5.41, 5.74) is 2.09. The number of pyridine rings is 1. The summed E-state index contributed by atoms with van der Waals surface area (Å²) in [7, 11) is 0. The second-order valence-corrected chi connectivity index (χ2v) is 5.04. The summed E-state index contributed by atoms with van der Waals surface area (Å²) in [6.45, 7) is 0. The Labute approximate surface area is 114 Å². The van der Waals surface area contributed by atoms with E-state index in [0.29, 0.717) is 28.5 Å². The zero-order valence-corrected chi connectivity index (χ0v) is 10.7. The summed E-state index contributed by atoms with van der Waals surface area (Å²) >= 11 is 0. The van der Waals surface area contributed by atoms with Crippen LogP contribution in [0.2, 0.25) is 0 Å². The van der Waals surface area contributed by atoms with Crippen LogP contribution in [0.1, 0.15) is 28.9 Å². The third kappa shape index (κ3) is 1.51. The number of rotatable bonds is 0. The van der Waals surface area contributed by atoms with Gasteiger partial charge >= 0.3 is 5.63 Å². The van der Waals surface area contributed by atoms with Gasteiger partial charge in [-0.1, -0.05) is 12.1 Å². The lowest BCUT2D eigenvalue weighted by atomic mass is 9.93. The largest absolute Gasteiger partial charge is 0.422 e. The van der Waals surface area contributed by atoms with E-state index in [1.807, 2.05) is 18.2 Å². The number of carbonyl (C=O) groups excluding carboxylic acids is 1. The van der Waals surface area contributed by atoms with Gasteiger partial charge in [0.1, 0.15) is 5.58 Å². The van der Waals surface area contributed by atoms with Crippen molar-refractivity contribution < 1.29 is 9.21 Å². The molecule has 1 aliphatic rings. The SMILES string of the molecule is O=C1CCCc2nc3c(cc21)c(=O)oc1ccccc13. The number of aromatic nitrogens is 1. The van der Waals surface area contributed by atoms with Crippen molar-refractivity contribution in [2.45, 2.75) is 19.3 Å². The van der Waals surface area contributed by atoms with Crippen LogP contribution in [0, 0.1) is 0 Å². The van der Waals surface area contributed by atoms with E-state index in [1.54, 1.807) is 12.1 Å². The number of carbonyl (C=O) groups is 1. The fourth-order valence-corrected chi connectivity index (χ4v) is 2.80. The Morgan fingerprint density at radius 2 is 1.90 bits per heavy atom. The molecule has 1 aromatic carbocycles. The summed E-state index contributed by atoms with van der Waals surface area (Å²) in [6.07, 6.45) is 2.13. The molecule has 0 atom stereocenters. The Bertz CT molecular complexity index is 924. The minimum Gasteiger partial charge on any atom is -0.422 e. The molecule has 1 aliphatic carbocycles. The van der Waals surface area contributed by atoms with Crippen molar-refractivity contribution in [2.75, 3.05) is 0 Å². The molecule has 0 unspecified atom stereocenters. The molecule has 0 spiro atoms. The molecular weight excluding hydrogens is 254 g/mol. The molecule has 0 radical (unpaired) electrons. The number of para-hydroxylation sites is 1. The number of nitrogens with zero attached hydrogens (tertiary/aromatic N) is 1. The van der Waals surface area contributed by atoms with Gasteiger partial charge in [0.15, 0.2) is 5.78 Å². The number of fused-ring (bicyclic) bond motifs is 4. The van der Waals surface area contributed by atoms with Crippen molar-refractivity contribution in [1.29, 1.82) is 0 Å². The highest BCUT2D eigenvalue weighted by molar-refractivity contribution is 6.06. The zero-order chi connectivity index (χ0) is 13.7. The van der Waals surface area contributed by atoms with Crippen molar-refractivity contribution in [3.63, 3.8) is 0 Å². The number of hydrogen-bond acceptors (Lipinski definition) is 4. The summed E-state index contributed by atoms with van der Waals surface area (Å²) in [5.74, 6) is 0.0632. The highest BCUT2D eigenvalue weighted by atomic mass is 16.4. The first-order chi connectivity index (χ1) is 9.74. The lowest BCUT2D eigenvalue weighted by molar-refractivity contribution is 0.0972. The van der Waals surface area contributed by atoms with Gasteiger partial charge < -0.3 is 4.42 Å². The maximum atomic E-state index is 12.1. The minimum absolute atomic E-state index is 0.0632. The molecule has 4 heteroatoms. The molecule has 4 nitrogen and oxygen atoms in total. The minimum atomic E-state index is -0.438. The van der Waals surface area contributed by atoms with Crippen LogP contribution in [-0.2, 0) is 6.42 Å². The molecule has 0 saturated heterocycles. The summed E-state index contributed by atoms with van der Waals surface area (Å²) in [6, 6.07) is 8.98. The van der Waals surface area contributed by atoms with Crippen molar-refractivity contribution in [1.82, 2.24) is 4.98 Å². The van der Waals surface area contributed by atoms with Gasteiger partial charge in [-0.2, -0.15) is 0 Å². The van der Waals surface area contributed by atoms with Crippen LogP contribution in [-0.4, -0.2) is 10.8 Å². The van der Waals surface area contributed by atoms with Crippen LogP contribution in [0.5, 0.6) is 0 Å². The second kappa shape index (κ2) is 4.00. The van der Waals surface area contributed by atoms with Gasteiger partial charge in [-0.25, -0.2) is 4.79 Å². The van der Waals surface area contributed by atoms with Gasteiger partial charge in [0.2, 0.25) is 0 Å². The van der Waals surface area contributed by atoms with Crippen molar-refractivity contribution in [3.8, 4) is 0 Å². The van der Waals surface area contributed by atoms with Gasteiger partial charge in [0.05, 0.1) is 16.6 Å². The normalized spacial score (nSPS) is 14.7. The summed E-state index contributed by atoms with van der Waals surface area (Å²) in [4.78, 5) is 28.6. The molecule has 0 N–H and O–H groups in total. The van der Waals surface area contributed by atoms with Gasteiger partial charge in [0.25, 0.3) is 0 Å². The van der Waals surface area contributed by atoms with Gasteiger partial charge in [0, 0.05) is 17.4 Å². The molecule has 20 heavy (non-hydrogen) atoms. The van der Waals surface area contributed by atoms with E-state index in [4.69, 9.17) is 4.42 Å². The van der Waals surface area contributed by atoms with E-state index >= 15 is 0 Å². The quantitative estimate of drug-likeness (QED) is 0.463. The predicted molar refractivity (Wildman–Crippen MR) is 75.1 cm³/mol. The molecule has 2 heterocycles. The first-order valence-corrected chi connectivity index (χ1v) is 6.63. The zero-order valence-electron chi connectivity index (χ0n) is 10.7.